The third kappa shape index (κ3) is 7.29. The normalized spacial score (nSPS) is 11.0. The van der Waals surface area contributed by atoms with Crippen LogP contribution in [0.4, 0.5) is 4.39 Å². The van der Waals surface area contributed by atoms with Gasteiger partial charge in [0, 0.05) is 13.6 Å². The van der Waals surface area contributed by atoms with Gasteiger partial charge in [-0.3, -0.25) is 4.99 Å². The molecule has 2 aromatic rings. The summed E-state index contributed by atoms with van der Waals surface area (Å²) in [7, 11) is 1.70. The van der Waals surface area contributed by atoms with Gasteiger partial charge in [0.1, 0.15) is 17.3 Å². The molecule has 0 amide bonds. The number of guanidine groups is 1. The van der Waals surface area contributed by atoms with Crippen LogP contribution in [0.2, 0.25) is 0 Å². The Kier molecular flexibility index (Phi) is 9.25. The molecule has 1 heterocycles. The molecule has 1 aromatic carbocycles. The van der Waals surface area contributed by atoms with E-state index in [4.69, 9.17) is 9.15 Å². The summed E-state index contributed by atoms with van der Waals surface area (Å²) in [6.45, 7) is 5.51. The smallest absolute Gasteiger partial charge is 0.214 e. The van der Waals surface area contributed by atoms with E-state index >= 15 is 0 Å². The van der Waals surface area contributed by atoms with Crippen molar-refractivity contribution in [1.29, 1.82) is 0 Å². The summed E-state index contributed by atoms with van der Waals surface area (Å²) >= 11 is 0. The fourth-order valence-corrected chi connectivity index (χ4v) is 1.99. The molecule has 0 saturated heterocycles. The van der Waals surface area contributed by atoms with Gasteiger partial charge in [0.25, 0.3) is 0 Å². The van der Waals surface area contributed by atoms with E-state index in [0.717, 1.165) is 17.9 Å². The van der Waals surface area contributed by atoms with E-state index in [2.05, 4.69) is 20.6 Å². The lowest BCUT2D eigenvalue weighted by molar-refractivity contribution is 0.310. The van der Waals surface area contributed by atoms with Crippen LogP contribution in [0.15, 0.2) is 33.7 Å². The molecule has 0 bridgehead atoms. The van der Waals surface area contributed by atoms with Gasteiger partial charge in [-0.25, -0.2) is 9.37 Å². The molecule has 0 fully saturated rings. The lowest BCUT2D eigenvalue weighted by atomic mass is 10.3. The second kappa shape index (κ2) is 10.9. The van der Waals surface area contributed by atoms with E-state index in [1.54, 1.807) is 19.2 Å². The average molecular weight is 462 g/mol. The van der Waals surface area contributed by atoms with Gasteiger partial charge in [-0.2, -0.15) is 0 Å². The molecule has 6 nitrogen and oxygen atoms in total. The van der Waals surface area contributed by atoms with Crippen LogP contribution in [0.25, 0.3) is 0 Å². The van der Waals surface area contributed by atoms with Crippen LogP contribution in [0, 0.1) is 19.7 Å². The van der Waals surface area contributed by atoms with E-state index in [1.807, 2.05) is 13.8 Å². The Morgan fingerprint density at radius 2 is 1.96 bits per heavy atom. The van der Waals surface area contributed by atoms with E-state index in [0.29, 0.717) is 37.3 Å². The molecule has 0 spiro atoms. The van der Waals surface area contributed by atoms with Gasteiger partial charge in [-0.1, -0.05) is 0 Å². The molecular weight excluding hydrogens is 438 g/mol. The summed E-state index contributed by atoms with van der Waals surface area (Å²) in [5.41, 5.74) is 0.896. The minimum absolute atomic E-state index is 0. The maximum absolute atomic E-state index is 12.8. The van der Waals surface area contributed by atoms with Crippen molar-refractivity contribution in [2.24, 2.45) is 4.99 Å². The highest BCUT2D eigenvalue weighted by Crippen LogP contribution is 2.11. The number of halogens is 2. The first-order chi connectivity index (χ1) is 11.6. The summed E-state index contributed by atoms with van der Waals surface area (Å²) < 4.78 is 23.8. The van der Waals surface area contributed by atoms with Crippen LogP contribution in [0.5, 0.6) is 5.75 Å². The number of nitrogens with zero attached hydrogens (tertiary/aromatic N) is 2. The van der Waals surface area contributed by atoms with Crippen LogP contribution in [0.3, 0.4) is 0 Å². The highest BCUT2D eigenvalue weighted by Gasteiger charge is 2.06. The molecular formula is C17H24FIN4O2. The molecule has 0 aliphatic carbocycles. The number of aromatic nitrogens is 1. The van der Waals surface area contributed by atoms with E-state index < -0.39 is 0 Å². The summed E-state index contributed by atoms with van der Waals surface area (Å²) in [6.07, 6.45) is 0.787. The molecule has 0 aliphatic heterocycles. The molecule has 2 N–H and O–H groups in total. The lowest BCUT2D eigenvalue weighted by Gasteiger charge is -2.11. The van der Waals surface area contributed by atoms with Crippen molar-refractivity contribution >= 4 is 29.9 Å². The fourth-order valence-electron chi connectivity index (χ4n) is 1.99. The molecule has 25 heavy (non-hydrogen) atoms. The molecule has 0 saturated carbocycles. The maximum Gasteiger partial charge on any atom is 0.214 e. The van der Waals surface area contributed by atoms with E-state index in [9.17, 15) is 4.39 Å². The first-order valence-electron chi connectivity index (χ1n) is 7.84. The topological polar surface area (TPSA) is 71.7 Å². The SMILES string of the molecule is CN=C(NCCCOc1ccc(F)cc1)NCc1nc(C)c(C)o1.I. The highest BCUT2D eigenvalue weighted by molar-refractivity contribution is 14.0. The summed E-state index contributed by atoms with van der Waals surface area (Å²) in [4.78, 5) is 8.45. The zero-order valence-corrected chi connectivity index (χ0v) is 17.0. The Bertz CT molecular complexity index is 654. The highest BCUT2D eigenvalue weighted by atomic mass is 127. The number of oxazole rings is 1. The van der Waals surface area contributed by atoms with Crippen molar-refractivity contribution in [2.45, 2.75) is 26.8 Å². The van der Waals surface area contributed by atoms with E-state index in [1.165, 1.54) is 12.1 Å². The zero-order chi connectivity index (χ0) is 17.4. The van der Waals surface area contributed by atoms with Crippen LogP contribution >= 0.6 is 24.0 Å². The number of rotatable bonds is 7. The molecule has 0 unspecified atom stereocenters. The molecule has 138 valence electrons. The van der Waals surface area contributed by atoms with Gasteiger partial charge < -0.3 is 19.8 Å². The van der Waals surface area contributed by atoms with Gasteiger partial charge >= 0.3 is 0 Å². The van der Waals surface area contributed by atoms with Crippen molar-refractivity contribution < 1.29 is 13.5 Å². The Hall–Kier alpha value is -1.84. The number of hydrogen-bond donors (Lipinski definition) is 2. The molecule has 0 atom stereocenters. The first-order valence-corrected chi connectivity index (χ1v) is 7.84. The van der Waals surface area contributed by atoms with Gasteiger partial charge in [0.2, 0.25) is 5.89 Å². The van der Waals surface area contributed by atoms with Crippen LogP contribution in [0.1, 0.15) is 23.8 Å². The third-order valence-corrected chi connectivity index (χ3v) is 3.40. The van der Waals surface area contributed by atoms with Gasteiger partial charge in [-0.15, -0.1) is 24.0 Å². The zero-order valence-electron chi connectivity index (χ0n) is 14.6. The van der Waals surface area contributed by atoms with Crippen LogP contribution in [-0.4, -0.2) is 31.1 Å². The third-order valence-electron chi connectivity index (χ3n) is 3.40. The maximum atomic E-state index is 12.8. The predicted molar refractivity (Wildman–Crippen MR) is 106 cm³/mol. The molecule has 8 heteroatoms. The lowest BCUT2D eigenvalue weighted by Crippen LogP contribution is -2.37. The van der Waals surface area contributed by atoms with Gasteiger partial charge in [0.05, 0.1) is 18.8 Å². The summed E-state index contributed by atoms with van der Waals surface area (Å²) in [6, 6.07) is 5.99. The molecule has 1 aromatic heterocycles. The van der Waals surface area contributed by atoms with Crippen molar-refractivity contribution in [3.63, 3.8) is 0 Å². The van der Waals surface area contributed by atoms with Gasteiger partial charge in [0.15, 0.2) is 5.96 Å². The second-order valence-corrected chi connectivity index (χ2v) is 5.26. The minimum atomic E-state index is -0.268. The van der Waals surface area contributed by atoms with Crippen molar-refractivity contribution in [3.05, 3.63) is 47.4 Å². The van der Waals surface area contributed by atoms with E-state index in [-0.39, 0.29) is 29.8 Å². The number of ether oxygens (including phenoxy) is 1. The monoisotopic (exact) mass is 462 g/mol. The Labute approximate surface area is 164 Å². The van der Waals surface area contributed by atoms with Crippen LogP contribution in [-0.2, 0) is 6.54 Å². The molecule has 0 aliphatic rings. The Morgan fingerprint density at radius 3 is 2.56 bits per heavy atom. The molecule has 0 radical (unpaired) electrons. The van der Waals surface area contributed by atoms with Gasteiger partial charge in [-0.05, 0) is 44.5 Å². The first kappa shape index (κ1) is 21.2. The van der Waals surface area contributed by atoms with Crippen molar-refractivity contribution in [1.82, 2.24) is 15.6 Å². The molecule has 2 rings (SSSR count). The largest absolute Gasteiger partial charge is 0.494 e. The second-order valence-electron chi connectivity index (χ2n) is 5.26. The van der Waals surface area contributed by atoms with Crippen molar-refractivity contribution in [3.8, 4) is 5.75 Å². The fraction of sp³-hybridized carbons (Fsp3) is 0.412. The number of aryl methyl sites for hydroxylation is 2. The quantitative estimate of drug-likeness (QED) is 0.286. The number of nitrogens with one attached hydrogen (secondary N) is 2. The Morgan fingerprint density at radius 1 is 1.24 bits per heavy atom. The van der Waals surface area contributed by atoms with Crippen molar-refractivity contribution in [2.75, 3.05) is 20.2 Å². The summed E-state index contributed by atoms with van der Waals surface area (Å²) in [5, 5.41) is 6.33. The minimum Gasteiger partial charge on any atom is -0.494 e. The number of hydrogen-bond acceptors (Lipinski definition) is 4. The summed E-state index contributed by atoms with van der Waals surface area (Å²) in [5.74, 6) is 2.52. The number of benzene rings is 1. The standard InChI is InChI=1S/C17H23FN4O2.HI/c1-12-13(2)24-16(22-12)11-21-17(19-3)20-9-4-10-23-15-7-5-14(18)6-8-15;/h5-8H,4,9-11H2,1-3H3,(H2,19,20,21);1H. The average Bonchev–Trinajstić information content (AvgIpc) is 2.90. The predicted octanol–water partition coefficient (Wildman–Crippen LogP) is 3.18. The van der Waals surface area contributed by atoms with Crippen LogP contribution < -0.4 is 15.4 Å². The number of aliphatic imine (C=N–C) groups is 1. The Balaban J connectivity index is 0.00000312.